The van der Waals surface area contributed by atoms with Crippen molar-refractivity contribution in [3.8, 4) is 0 Å². The van der Waals surface area contributed by atoms with E-state index in [9.17, 15) is 0 Å². The van der Waals surface area contributed by atoms with Gasteiger partial charge in [0.15, 0.2) is 0 Å². The summed E-state index contributed by atoms with van der Waals surface area (Å²) in [5, 5.41) is 3.50. The van der Waals surface area contributed by atoms with Crippen molar-refractivity contribution in [3.63, 3.8) is 0 Å². The molecule has 2 heteroatoms. The quantitative estimate of drug-likeness (QED) is 0.843. The van der Waals surface area contributed by atoms with Crippen LogP contribution in [0.4, 0.5) is 0 Å². The molecule has 21 heavy (non-hydrogen) atoms. The van der Waals surface area contributed by atoms with Gasteiger partial charge >= 0.3 is 0 Å². The molecule has 0 bridgehead atoms. The molecule has 118 valence electrons. The van der Waals surface area contributed by atoms with Gasteiger partial charge in [-0.3, -0.25) is 0 Å². The molecule has 0 spiro atoms. The first kappa shape index (κ1) is 16.5. The van der Waals surface area contributed by atoms with E-state index in [1.165, 1.54) is 23.1 Å². The van der Waals surface area contributed by atoms with Crippen LogP contribution in [0.25, 0.3) is 0 Å². The fourth-order valence-electron chi connectivity index (χ4n) is 3.36. The second-order valence-electron chi connectivity index (χ2n) is 7.03. The minimum Gasteiger partial charge on any atom is -0.373 e. The van der Waals surface area contributed by atoms with E-state index in [1.807, 2.05) is 0 Å². The smallest absolute Gasteiger partial charge is 0.0774 e. The second-order valence-corrected chi connectivity index (χ2v) is 7.03. The predicted octanol–water partition coefficient (Wildman–Crippen LogP) is 4.76. The first-order chi connectivity index (χ1) is 9.93. The largest absolute Gasteiger partial charge is 0.373 e. The average Bonchev–Trinajstić information content (AvgIpc) is 2.86. The lowest BCUT2D eigenvalue weighted by Crippen LogP contribution is -2.30. The van der Waals surface area contributed by atoms with Gasteiger partial charge in [-0.15, -0.1) is 0 Å². The lowest BCUT2D eigenvalue weighted by molar-refractivity contribution is 0.0331. The Labute approximate surface area is 130 Å². The van der Waals surface area contributed by atoms with Crippen molar-refractivity contribution < 1.29 is 4.74 Å². The third-order valence-corrected chi connectivity index (χ3v) is 4.68. The number of benzene rings is 1. The Morgan fingerprint density at radius 1 is 1.05 bits per heavy atom. The first-order valence-corrected chi connectivity index (χ1v) is 8.40. The van der Waals surface area contributed by atoms with E-state index in [0.29, 0.717) is 30.1 Å². The topological polar surface area (TPSA) is 21.3 Å². The van der Waals surface area contributed by atoms with Gasteiger partial charge in [-0.1, -0.05) is 45.9 Å². The van der Waals surface area contributed by atoms with Crippen molar-refractivity contribution in [1.29, 1.82) is 0 Å². The molecule has 1 saturated heterocycles. The number of nitrogens with one attached hydrogen (secondary N) is 1. The Balaban J connectivity index is 2.36. The van der Waals surface area contributed by atoms with E-state index in [4.69, 9.17) is 4.74 Å². The van der Waals surface area contributed by atoms with Gasteiger partial charge in [0.25, 0.3) is 0 Å². The van der Waals surface area contributed by atoms with Crippen LogP contribution in [0.2, 0.25) is 0 Å². The van der Waals surface area contributed by atoms with Crippen LogP contribution in [0.3, 0.4) is 0 Å². The van der Waals surface area contributed by atoms with E-state index in [0.717, 1.165) is 6.42 Å². The normalized spacial score (nSPS) is 24.0. The SMILES string of the molecule is CNC(c1ccc(C(C)C)cc1C(C)C)C1CCC(C)O1. The second kappa shape index (κ2) is 6.93. The molecule has 0 aliphatic carbocycles. The number of rotatable bonds is 5. The zero-order valence-electron chi connectivity index (χ0n) is 14.4. The molecule has 1 heterocycles. The number of likely N-dealkylation sites (N-methyl/N-ethyl adjacent to an activating group) is 1. The molecule has 1 fully saturated rings. The standard InChI is InChI=1S/C19H31NO/c1-12(2)15-8-9-16(17(11-15)13(3)4)19(20-6)18-10-7-14(5)21-18/h8-9,11-14,18-20H,7,10H2,1-6H3. The van der Waals surface area contributed by atoms with E-state index in [1.54, 1.807) is 0 Å². The molecule has 2 nitrogen and oxygen atoms in total. The fourth-order valence-corrected chi connectivity index (χ4v) is 3.36. The molecule has 1 N–H and O–H groups in total. The van der Waals surface area contributed by atoms with Crippen molar-refractivity contribution in [2.45, 2.75) is 77.5 Å². The van der Waals surface area contributed by atoms with E-state index in [2.05, 4.69) is 65.2 Å². The van der Waals surface area contributed by atoms with Crippen molar-refractivity contribution in [2.75, 3.05) is 7.05 Å². The summed E-state index contributed by atoms with van der Waals surface area (Å²) >= 11 is 0. The number of hydrogen-bond acceptors (Lipinski definition) is 2. The summed E-state index contributed by atoms with van der Waals surface area (Å²) in [5.74, 6) is 1.11. The van der Waals surface area contributed by atoms with Crippen LogP contribution < -0.4 is 5.32 Å². The molecule has 1 aromatic rings. The molecular formula is C19H31NO. The predicted molar refractivity (Wildman–Crippen MR) is 90.0 cm³/mol. The van der Waals surface area contributed by atoms with Gasteiger partial charge in [0.1, 0.15) is 0 Å². The highest BCUT2D eigenvalue weighted by atomic mass is 16.5. The lowest BCUT2D eigenvalue weighted by atomic mass is 9.86. The molecule has 2 rings (SSSR count). The maximum atomic E-state index is 6.12. The maximum Gasteiger partial charge on any atom is 0.0774 e. The van der Waals surface area contributed by atoms with Crippen molar-refractivity contribution in [1.82, 2.24) is 5.32 Å². The van der Waals surface area contributed by atoms with Gasteiger partial charge in [0, 0.05) is 0 Å². The summed E-state index contributed by atoms with van der Waals surface area (Å²) < 4.78 is 6.12. The molecule has 0 aromatic heterocycles. The maximum absolute atomic E-state index is 6.12. The van der Waals surface area contributed by atoms with Gasteiger partial charge in [-0.25, -0.2) is 0 Å². The van der Waals surface area contributed by atoms with Crippen LogP contribution in [0, 0.1) is 0 Å². The highest BCUT2D eigenvalue weighted by Crippen LogP contribution is 2.35. The molecule has 3 atom stereocenters. The van der Waals surface area contributed by atoms with Gasteiger partial charge in [0.05, 0.1) is 18.2 Å². The Bertz CT molecular complexity index is 467. The van der Waals surface area contributed by atoms with Gasteiger partial charge in [0.2, 0.25) is 0 Å². The summed E-state index contributed by atoms with van der Waals surface area (Å²) in [6.45, 7) is 11.3. The Hall–Kier alpha value is -0.860. The number of hydrogen-bond donors (Lipinski definition) is 1. The van der Waals surface area contributed by atoms with Crippen LogP contribution >= 0.6 is 0 Å². The van der Waals surface area contributed by atoms with Gasteiger partial charge in [-0.05, 0) is 55.3 Å². The van der Waals surface area contributed by atoms with Crippen LogP contribution in [0.5, 0.6) is 0 Å². The third kappa shape index (κ3) is 3.67. The Morgan fingerprint density at radius 3 is 2.24 bits per heavy atom. The highest BCUT2D eigenvalue weighted by molar-refractivity contribution is 5.38. The minimum absolute atomic E-state index is 0.299. The van der Waals surface area contributed by atoms with E-state index < -0.39 is 0 Å². The number of ether oxygens (including phenoxy) is 1. The van der Waals surface area contributed by atoms with Crippen LogP contribution in [0.15, 0.2) is 18.2 Å². The molecule has 1 aromatic carbocycles. The Kier molecular flexibility index (Phi) is 5.45. The molecule has 0 amide bonds. The summed E-state index contributed by atoms with van der Waals surface area (Å²) in [6.07, 6.45) is 3.01. The van der Waals surface area contributed by atoms with Crippen LogP contribution in [-0.2, 0) is 4.74 Å². The van der Waals surface area contributed by atoms with E-state index in [-0.39, 0.29) is 0 Å². The summed E-state index contributed by atoms with van der Waals surface area (Å²) in [6, 6.07) is 7.30. The van der Waals surface area contributed by atoms with Gasteiger partial charge < -0.3 is 10.1 Å². The third-order valence-electron chi connectivity index (χ3n) is 4.68. The zero-order valence-corrected chi connectivity index (χ0v) is 14.4. The highest BCUT2D eigenvalue weighted by Gasteiger charge is 2.31. The molecule has 0 radical (unpaired) electrons. The molecule has 0 saturated carbocycles. The van der Waals surface area contributed by atoms with E-state index >= 15 is 0 Å². The first-order valence-electron chi connectivity index (χ1n) is 8.40. The Morgan fingerprint density at radius 2 is 1.76 bits per heavy atom. The van der Waals surface area contributed by atoms with Crippen molar-refractivity contribution in [3.05, 3.63) is 34.9 Å². The summed E-state index contributed by atoms with van der Waals surface area (Å²) in [7, 11) is 2.05. The summed E-state index contributed by atoms with van der Waals surface area (Å²) in [4.78, 5) is 0. The molecular weight excluding hydrogens is 258 g/mol. The van der Waals surface area contributed by atoms with Gasteiger partial charge in [-0.2, -0.15) is 0 Å². The molecule has 1 aliphatic rings. The average molecular weight is 289 g/mol. The van der Waals surface area contributed by atoms with Crippen LogP contribution in [0.1, 0.15) is 82.0 Å². The van der Waals surface area contributed by atoms with Crippen LogP contribution in [-0.4, -0.2) is 19.3 Å². The van der Waals surface area contributed by atoms with Crippen molar-refractivity contribution >= 4 is 0 Å². The zero-order chi connectivity index (χ0) is 15.6. The lowest BCUT2D eigenvalue weighted by Gasteiger charge is -2.28. The molecule has 3 unspecified atom stereocenters. The van der Waals surface area contributed by atoms with Crippen molar-refractivity contribution in [2.24, 2.45) is 0 Å². The fraction of sp³-hybridized carbons (Fsp3) is 0.684. The minimum atomic E-state index is 0.299. The monoisotopic (exact) mass is 289 g/mol. The summed E-state index contributed by atoms with van der Waals surface area (Å²) in [5.41, 5.74) is 4.30. The molecule has 1 aliphatic heterocycles.